The molecule has 0 aromatic carbocycles. The number of rotatable bonds is 70. The van der Waals surface area contributed by atoms with Gasteiger partial charge in [-0.25, -0.2) is 0 Å². The van der Waals surface area contributed by atoms with Gasteiger partial charge in [-0.1, -0.05) is 364 Å². The molecule has 0 amide bonds. The first kappa shape index (κ1) is 90.8. The van der Waals surface area contributed by atoms with Gasteiger partial charge in [-0.3, -0.25) is 19.2 Å². The minimum Gasteiger partial charge on any atom is -0.465 e. The van der Waals surface area contributed by atoms with Crippen LogP contribution in [0.1, 0.15) is 415 Å². The number of carbonyl (C=O) groups excluding carboxylic acids is 4. The molecule has 0 fully saturated rings. The second-order valence-corrected chi connectivity index (χ2v) is 29.9. The van der Waals surface area contributed by atoms with E-state index >= 15 is 0 Å². The van der Waals surface area contributed by atoms with Crippen LogP contribution in [0.25, 0.3) is 0 Å². The highest BCUT2D eigenvalue weighted by molar-refractivity contribution is 5.71. The van der Waals surface area contributed by atoms with Crippen molar-refractivity contribution in [2.24, 2.45) is 29.1 Å². The topological polar surface area (TPSA) is 166 Å². The average Bonchev–Trinajstić information content (AvgIpc) is 2.14. The minimum absolute atomic E-state index is 0.161. The summed E-state index contributed by atoms with van der Waals surface area (Å²) in [5.41, 5.74) is -1.21. The van der Waals surface area contributed by atoms with Gasteiger partial charge < -0.3 is 34.3 Å². The van der Waals surface area contributed by atoms with E-state index in [4.69, 9.17) is 34.3 Å². The van der Waals surface area contributed by atoms with E-state index in [0.717, 1.165) is 101 Å². The molecule has 0 atom stereocenters. The summed E-state index contributed by atoms with van der Waals surface area (Å²) in [6, 6.07) is 0. The van der Waals surface area contributed by atoms with Crippen molar-refractivity contribution in [3.8, 4) is 0 Å². The van der Waals surface area contributed by atoms with Crippen LogP contribution in [-0.2, 0) is 38.1 Å². The van der Waals surface area contributed by atoms with E-state index < -0.39 is 11.5 Å². The van der Waals surface area contributed by atoms with Crippen molar-refractivity contribution in [2.75, 3.05) is 39.6 Å². The van der Waals surface area contributed by atoms with Crippen molar-refractivity contribution in [1.82, 2.24) is 0 Å². The normalized spacial score (nSPS) is 11.8. The Balaban J connectivity index is 0. The van der Waals surface area contributed by atoms with E-state index in [0.29, 0.717) is 25.7 Å². The molecule has 11 heteroatoms. The lowest BCUT2D eigenvalue weighted by molar-refractivity contribution is -0.170. The molecule has 11 nitrogen and oxygen atoms in total. The number of hydrogen-bond acceptors (Lipinski definition) is 11. The summed E-state index contributed by atoms with van der Waals surface area (Å²) < 4.78 is 23.9. The molecule has 0 unspecified atom stereocenters. The van der Waals surface area contributed by atoms with Gasteiger partial charge in [0.2, 0.25) is 0 Å². The highest BCUT2D eigenvalue weighted by Crippen LogP contribution is 2.25. The van der Waals surface area contributed by atoms with E-state index in [2.05, 4.69) is 55.4 Å². The van der Waals surface area contributed by atoms with Crippen LogP contribution in [0.3, 0.4) is 0 Å². The Morgan fingerprint density at radius 1 is 0.242 bits per heavy atom. The first-order valence-corrected chi connectivity index (χ1v) is 39.6. The predicted octanol–water partition coefficient (Wildman–Crippen LogP) is 22.9. The molecular weight excluding hydrogens is 1140 g/mol. The van der Waals surface area contributed by atoms with Gasteiger partial charge in [0.05, 0.1) is 13.2 Å². The molecule has 542 valence electrons. The molecule has 0 aromatic heterocycles. The Morgan fingerprint density at radius 2 is 0.374 bits per heavy atom. The number of esters is 4. The van der Waals surface area contributed by atoms with Gasteiger partial charge in [0.15, 0.2) is 0 Å². The second-order valence-electron chi connectivity index (χ2n) is 29.9. The molecule has 0 aliphatic heterocycles. The fraction of sp³-hybridized carbons (Fsp3) is 0.950. The van der Waals surface area contributed by atoms with Gasteiger partial charge in [0.25, 0.3) is 0 Å². The second kappa shape index (κ2) is 70.6. The van der Waals surface area contributed by atoms with Crippen LogP contribution >= 0.6 is 0 Å². The van der Waals surface area contributed by atoms with Crippen LogP contribution in [0.4, 0.5) is 0 Å². The number of aliphatic hydroxyl groups excluding tert-OH is 3. The molecule has 0 aliphatic rings. The summed E-state index contributed by atoms with van der Waals surface area (Å²) in [5, 5.41) is 24.0. The van der Waals surface area contributed by atoms with Crippen molar-refractivity contribution < 1.29 is 53.4 Å². The van der Waals surface area contributed by atoms with Gasteiger partial charge in [0.1, 0.15) is 37.9 Å². The summed E-state index contributed by atoms with van der Waals surface area (Å²) in [4.78, 5) is 53.6. The fourth-order valence-corrected chi connectivity index (χ4v) is 11.9. The standard InChI is InChI=1S/C77H148O8.C3H8O3/c1-69(2)57-49-41-33-25-17-9-13-21-29-37-45-53-61-73(78)82-65-77(66-83-74(79)62-54-46-38-30-22-14-10-18-26-34-42-50-58-70(3)4,67-84-75(80)63-55-47-39-31-23-15-11-19-27-35-43-51-59-71(5)6)68-85-76(81)64-56-48-40-32-24-16-12-20-28-36-44-52-60-72(7)8;4-1-3(6)2-5/h69-72H,9-68H2,1-8H3;3-6H,1-2H2. The highest BCUT2D eigenvalue weighted by Gasteiger charge is 2.38. The Hall–Kier alpha value is -2.24. The predicted molar refractivity (Wildman–Crippen MR) is 384 cm³/mol. The Bertz CT molecular complexity index is 1310. The van der Waals surface area contributed by atoms with Crippen molar-refractivity contribution >= 4 is 23.9 Å². The summed E-state index contributed by atoms with van der Waals surface area (Å²) >= 11 is 0. The summed E-state index contributed by atoms with van der Waals surface area (Å²) in [5.74, 6) is 1.95. The van der Waals surface area contributed by atoms with Crippen LogP contribution < -0.4 is 0 Å². The van der Waals surface area contributed by atoms with Crippen LogP contribution in [0.5, 0.6) is 0 Å². The molecule has 0 aromatic rings. The van der Waals surface area contributed by atoms with Crippen LogP contribution in [0.15, 0.2) is 0 Å². The summed E-state index contributed by atoms with van der Waals surface area (Å²) in [7, 11) is 0. The monoisotopic (exact) mass is 1290 g/mol. The van der Waals surface area contributed by atoms with Crippen molar-refractivity contribution in [1.29, 1.82) is 0 Å². The smallest absolute Gasteiger partial charge is 0.305 e. The van der Waals surface area contributed by atoms with Crippen molar-refractivity contribution in [3.63, 3.8) is 0 Å². The largest absolute Gasteiger partial charge is 0.465 e. The molecule has 0 heterocycles. The third-order valence-electron chi connectivity index (χ3n) is 18.2. The number of hydrogen-bond donors (Lipinski definition) is 3. The molecule has 0 radical (unpaired) electrons. The maximum absolute atomic E-state index is 13.4. The molecule has 0 saturated heterocycles. The quantitative estimate of drug-likeness (QED) is 0.0301. The lowest BCUT2D eigenvalue weighted by Crippen LogP contribution is -2.44. The highest BCUT2D eigenvalue weighted by atomic mass is 16.6. The van der Waals surface area contributed by atoms with Gasteiger partial charge in [-0.05, 0) is 49.4 Å². The maximum Gasteiger partial charge on any atom is 0.305 e. The van der Waals surface area contributed by atoms with Crippen LogP contribution in [0.2, 0.25) is 0 Å². The third-order valence-corrected chi connectivity index (χ3v) is 18.2. The molecule has 0 aliphatic carbocycles. The number of carbonyl (C=O) groups is 4. The lowest BCUT2D eigenvalue weighted by Gasteiger charge is -2.31. The molecule has 3 N–H and O–H groups in total. The average molecular weight is 1290 g/mol. The zero-order valence-corrected chi connectivity index (χ0v) is 61.8. The number of unbranched alkanes of at least 4 members (excludes halogenated alkanes) is 44. The van der Waals surface area contributed by atoms with E-state index in [9.17, 15) is 19.2 Å². The van der Waals surface area contributed by atoms with Gasteiger partial charge in [0, 0.05) is 25.7 Å². The van der Waals surface area contributed by atoms with Gasteiger partial charge >= 0.3 is 23.9 Å². The Morgan fingerprint density at radius 3 is 0.495 bits per heavy atom. The van der Waals surface area contributed by atoms with Crippen molar-refractivity contribution in [3.05, 3.63) is 0 Å². The third kappa shape index (κ3) is 73.4. The molecular formula is C80H156O11. The number of aliphatic hydroxyl groups is 3. The Kier molecular flexibility index (Phi) is 70.4. The van der Waals surface area contributed by atoms with E-state index in [1.165, 1.54) is 257 Å². The van der Waals surface area contributed by atoms with E-state index in [-0.39, 0.29) is 63.5 Å². The molecule has 0 spiro atoms. The molecule has 0 bridgehead atoms. The fourth-order valence-electron chi connectivity index (χ4n) is 11.9. The lowest BCUT2D eigenvalue weighted by atomic mass is 9.92. The zero-order chi connectivity index (χ0) is 67.4. The van der Waals surface area contributed by atoms with Crippen LogP contribution in [0, 0.1) is 29.1 Å². The van der Waals surface area contributed by atoms with Gasteiger partial charge in [-0.2, -0.15) is 0 Å². The molecule has 0 saturated carbocycles. The SMILES string of the molecule is CC(C)CCCCCCCCCCCCCCC(=O)OCC(COC(=O)CCCCCCCCCCCCCCC(C)C)(COC(=O)CCCCCCCCCCCCCCC(C)C)COC(=O)CCCCCCCCCCCCCCC(C)C.OCC(O)CO. The first-order valence-electron chi connectivity index (χ1n) is 39.6. The summed E-state index contributed by atoms with van der Waals surface area (Å²) in [6.45, 7) is 17.1. The van der Waals surface area contributed by atoms with E-state index in [1.54, 1.807) is 0 Å². The first-order chi connectivity index (χ1) is 44.0. The van der Waals surface area contributed by atoms with Gasteiger partial charge in [-0.15, -0.1) is 0 Å². The molecule has 91 heavy (non-hydrogen) atoms. The maximum atomic E-state index is 13.4. The minimum atomic E-state index is -1.21. The van der Waals surface area contributed by atoms with Crippen molar-refractivity contribution in [2.45, 2.75) is 421 Å². The zero-order valence-electron chi connectivity index (χ0n) is 61.8. The Labute approximate surface area is 564 Å². The van der Waals surface area contributed by atoms with E-state index in [1.807, 2.05) is 0 Å². The summed E-state index contributed by atoms with van der Waals surface area (Å²) in [6.07, 6.45) is 64.2. The molecule has 0 rings (SSSR count). The number of ether oxygens (including phenoxy) is 4. The van der Waals surface area contributed by atoms with Crippen LogP contribution in [-0.4, -0.2) is 84.9 Å².